The maximum Gasteiger partial charge on any atom is 0.225 e. The summed E-state index contributed by atoms with van der Waals surface area (Å²) in [5, 5.41) is 2.80. The number of ether oxygens (including phenoxy) is 1. The molecule has 0 aromatic carbocycles. The lowest BCUT2D eigenvalue weighted by atomic mass is 10.0. The summed E-state index contributed by atoms with van der Waals surface area (Å²) in [5.74, 6) is 0.565. The van der Waals surface area contributed by atoms with Gasteiger partial charge in [0.25, 0.3) is 0 Å². The van der Waals surface area contributed by atoms with Gasteiger partial charge in [-0.3, -0.25) is 4.79 Å². The third-order valence-corrected chi connectivity index (χ3v) is 3.62. The fraction of sp³-hybridized carbons (Fsp3) is 0.538. The van der Waals surface area contributed by atoms with E-state index in [1.54, 1.807) is 6.20 Å². The van der Waals surface area contributed by atoms with Crippen LogP contribution in [0.5, 0.6) is 0 Å². The monoisotopic (exact) mass is 312 g/mol. The van der Waals surface area contributed by atoms with E-state index < -0.39 is 0 Å². The number of pyridine rings is 1. The number of rotatable bonds is 4. The molecule has 0 aliphatic carbocycles. The van der Waals surface area contributed by atoms with Gasteiger partial charge < -0.3 is 10.1 Å². The Labute approximate surface area is 115 Å². The van der Waals surface area contributed by atoms with E-state index in [1.165, 1.54) is 6.42 Å². The summed E-state index contributed by atoms with van der Waals surface area (Å²) >= 11 is 3.35. The van der Waals surface area contributed by atoms with Crippen molar-refractivity contribution in [1.29, 1.82) is 0 Å². The van der Waals surface area contributed by atoms with Crippen molar-refractivity contribution in [1.82, 2.24) is 4.98 Å². The largest absolute Gasteiger partial charge is 0.378 e. The van der Waals surface area contributed by atoms with Gasteiger partial charge in [0.2, 0.25) is 5.91 Å². The van der Waals surface area contributed by atoms with Gasteiger partial charge in [0, 0.05) is 19.2 Å². The first kappa shape index (κ1) is 13.5. The normalized spacial score (nSPS) is 19.5. The summed E-state index contributed by atoms with van der Waals surface area (Å²) < 4.78 is 6.40. The number of halogens is 1. The molecule has 1 fully saturated rings. The molecular formula is C13H17BrN2O2. The Morgan fingerprint density at radius 3 is 3.17 bits per heavy atom. The van der Waals surface area contributed by atoms with Crippen LogP contribution in [0.2, 0.25) is 0 Å². The molecule has 1 aliphatic rings. The third-order valence-electron chi connectivity index (χ3n) is 2.98. The molecule has 98 valence electrons. The standard InChI is InChI=1S/C13H17BrN2O2/c14-11-5-3-8-15-13(11)16-12(17)7-6-10-4-1-2-9-18-10/h3,5,8,10H,1-2,4,6-7,9H2,(H,15,16,17). The molecule has 1 atom stereocenters. The highest BCUT2D eigenvalue weighted by molar-refractivity contribution is 9.10. The molecule has 5 heteroatoms. The van der Waals surface area contributed by atoms with Crippen LogP contribution in [0.15, 0.2) is 22.8 Å². The summed E-state index contributed by atoms with van der Waals surface area (Å²) in [6.07, 6.45) is 6.59. The van der Waals surface area contributed by atoms with Gasteiger partial charge in [-0.15, -0.1) is 0 Å². The SMILES string of the molecule is O=C(CCC1CCCCO1)Nc1ncccc1Br. The average Bonchev–Trinajstić information content (AvgIpc) is 2.40. The molecule has 1 amide bonds. The number of nitrogens with one attached hydrogen (secondary N) is 1. The number of nitrogens with zero attached hydrogens (tertiary/aromatic N) is 1. The molecule has 1 aromatic heterocycles. The summed E-state index contributed by atoms with van der Waals surface area (Å²) in [5.41, 5.74) is 0. The van der Waals surface area contributed by atoms with Crippen LogP contribution in [0.25, 0.3) is 0 Å². The Morgan fingerprint density at radius 2 is 2.44 bits per heavy atom. The second kappa shape index (κ2) is 6.85. The lowest BCUT2D eigenvalue weighted by Crippen LogP contribution is -2.22. The van der Waals surface area contributed by atoms with Gasteiger partial charge in [-0.05, 0) is 53.7 Å². The van der Waals surface area contributed by atoms with Crippen molar-refractivity contribution in [2.24, 2.45) is 0 Å². The number of hydrogen-bond donors (Lipinski definition) is 1. The van der Waals surface area contributed by atoms with Gasteiger partial charge in [-0.2, -0.15) is 0 Å². The zero-order valence-electron chi connectivity index (χ0n) is 10.2. The Kier molecular flexibility index (Phi) is 5.13. The quantitative estimate of drug-likeness (QED) is 0.929. The number of amides is 1. The molecule has 18 heavy (non-hydrogen) atoms. The van der Waals surface area contributed by atoms with Crippen LogP contribution in [0, 0.1) is 0 Å². The number of anilines is 1. The lowest BCUT2D eigenvalue weighted by Gasteiger charge is -2.22. The van der Waals surface area contributed by atoms with Crippen molar-refractivity contribution < 1.29 is 9.53 Å². The Balaban J connectivity index is 1.76. The van der Waals surface area contributed by atoms with E-state index in [9.17, 15) is 4.79 Å². The maximum atomic E-state index is 11.8. The fourth-order valence-electron chi connectivity index (χ4n) is 2.00. The highest BCUT2D eigenvalue weighted by Crippen LogP contribution is 2.20. The van der Waals surface area contributed by atoms with E-state index in [0.717, 1.165) is 30.3 Å². The smallest absolute Gasteiger partial charge is 0.225 e. The van der Waals surface area contributed by atoms with E-state index in [-0.39, 0.29) is 12.0 Å². The van der Waals surface area contributed by atoms with Crippen LogP contribution < -0.4 is 5.32 Å². The van der Waals surface area contributed by atoms with Crippen LogP contribution in [0.1, 0.15) is 32.1 Å². The van der Waals surface area contributed by atoms with Gasteiger partial charge in [0.1, 0.15) is 5.82 Å². The second-order valence-electron chi connectivity index (χ2n) is 4.41. The zero-order chi connectivity index (χ0) is 12.8. The topological polar surface area (TPSA) is 51.2 Å². The number of carbonyl (C=O) groups excluding carboxylic acids is 1. The molecule has 4 nitrogen and oxygen atoms in total. The van der Waals surface area contributed by atoms with E-state index in [2.05, 4.69) is 26.2 Å². The Hall–Kier alpha value is -0.940. The predicted molar refractivity (Wildman–Crippen MR) is 73.4 cm³/mol. The summed E-state index contributed by atoms with van der Waals surface area (Å²) in [6, 6.07) is 3.67. The molecule has 0 radical (unpaired) electrons. The molecule has 2 rings (SSSR count). The van der Waals surface area contributed by atoms with E-state index in [0.29, 0.717) is 12.2 Å². The molecule has 2 heterocycles. The second-order valence-corrected chi connectivity index (χ2v) is 5.26. The number of carbonyl (C=O) groups is 1. The molecule has 1 aliphatic heterocycles. The molecule has 0 saturated carbocycles. The van der Waals surface area contributed by atoms with E-state index >= 15 is 0 Å². The first-order valence-electron chi connectivity index (χ1n) is 6.27. The van der Waals surface area contributed by atoms with Crippen molar-refractivity contribution >= 4 is 27.7 Å². The summed E-state index contributed by atoms with van der Waals surface area (Å²) in [6.45, 7) is 0.831. The van der Waals surface area contributed by atoms with Crippen LogP contribution in [0.4, 0.5) is 5.82 Å². The maximum absolute atomic E-state index is 11.8. The fourth-order valence-corrected chi connectivity index (χ4v) is 2.35. The minimum Gasteiger partial charge on any atom is -0.378 e. The number of hydrogen-bond acceptors (Lipinski definition) is 3. The van der Waals surface area contributed by atoms with Crippen molar-refractivity contribution in [3.05, 3.63) is 22.8 Å². The van der Waals surface area contributed by atoms with Crippen molar-refractivity contribution in [2.45, 2.75) is 38.2 Å². The van der Waals surface area contributed by atoms with Gasteiger partial charge in [-0.1, -0.05) is 0 Å². The first-order chi connectivity index (χ1) is 8.75. The van der Waals surface area contributed by atoms with Gasteiger partial charge >= 0.3 is 0 Å². The van der Waals surface area contributed by atoms with Gasteiger partial charge in [0.05, 0.1) is 10.6 Å². The minimum atomic E-state index is -0.0106. The van der Waals surface area contributed by atoms with E-state index in [4.69, 9.17) is 4.74 Å². The van der Waals surface area contributed by atoms with Crippen LogP contribution in [-0.4, -0.2) is 23.6 Å². The molecule has 0 bridgehead atoms. The average molecular weight is 313 g/mol. The first-order valence-corrected chi connectivity index (χ1v) is 7.07. The van der Waals surface area contributed by atoms with Gasteiger partial charge in [-0.25, -0.2) is 4.98 Å². The summed E-state index contributed by atoms with van der Waals surface area (Å²) in [4.78, 5) is 15.9. The molecular weight excluding hydrogens is 296 g/mol. The molecule has 1 unspecified atom stereocenters. The zero-order valence-corrected chi connectivity index (χ0v) is 11.8. The van der Waals surface area contributed by atoms with Crippen LogP contribution in [-0.2, 0) is 9.53 Å². The third kappa shape index (κ3) is 4.07. The van der Waals surface area contributed by atoms with E-state index in [1.807, 2.05) is 12.1 Å². The van der Waals surface area contributed by atoms with Crippen molar-refractivity contribution in [3.8, 4) is 0 Å². The van der Waals surface area contributed by atoms with Crippen molar-refractivity contribution in [2.75, 3.05) is 11.9 Å². The minimum absolute atomic E-state index is 0.0106. The van der Waals surface area contributed by atoms with Crippen LogP contribution >= 0.6 is 15.9 Å². The molecule has 1 N–H and O–H groups in total. The van der Waals surface area contributed by atoms with Crippen LogP contribution in [0.3, 0.4) is 0 Å². The highest BCUT2D eigenvalue weighted by Gasteiger charge is 2.15. The lowest BCUT2D eigenvalue weighted by molar-refractivity contribution is -0.117. The van der Waals surface area contributed by atoms with Gasteiger partial charge in [0.15, 0.2) is 0 Å². The summed E-state index contributed by atoms with van der Waals surface area (Å²) in [7, 11) is 0. The molecule has 1 saturated heterocycles. The number of aromatic nitrogens is 1. The van der Waals surface area contributed by atoms with Crippen molar-refractivity contribution in [3.63, 3.8) is 0 Å². The predicted octanol–water partition coefficient (Wildman–Crippen LogP) is 3.13. The highest BCUT2D eigenvalue weighted by atomic mass is 79.9. The molecule has 0 spiro atoms. The Bertz CT molecular complexity index is 406. The Morgan fingerprint density at radius 1 is 1.56 bits per heavy atom. The molecule has 1 aromatic rings.